The van der Waals surface area contributed by atoms with E-state index in [1.54, 1.807) is 13.0 Å². The summed E-state index contributed by atoms with van der Waals surface area (Å²) in [7, 11) is 0. The van der Waals surface area contributed by atoms with Gasteiger partial charge in [0.2, 0.25) is 5.91 Å². The van der Waals surface area contributed by atoms with Crippen LogP contribution in [0, 0.1) is 5.92 Å². The molecule has 8 nitrogen and oxygen atoms in total. The van der Waals surface area contributed by atoms with Crippen molar-refractivity contribution in [3.8, 4) is 0 Å². The van der Waals surface area contributed by atoms with Crippen LogP contribution in [0.2, 0.25) is 5.15 Å². The molecule has 0 unspecified atom stereocenters. The van der Waals surface area contributed by atoms with Crippen molar-refractivity contribution in [2.75, 3.05) is 36.9 Å². The maximum atomic E-state index is 12.4. The number of carbonyl (C=O) groups is 2. The Hall–Kier alpha value is -1.58. The molecule has 1 aromatic rings. The van der Waals surface area contributed by atoms with Crippen LogP contribution in [0.15, 0.2) is 11.2 Å². The summed E-state index contributed by atoms with van der Waals surface area (Å²) in [5.74, 6) is 1.11. The van der Waals surface area contributed by atoms with Crippen molar-refractivity contribution in [1.29, 1.82) is 0 Å². The van der Waals surface area contributed by atoms with Crippen LogP contribution in [0.1, 0.15) is 26.7 Å². The summed E-state index contributed by atoms with van der Waals surface area (Å²) >= 11 is 7.35. The summed E-state index contributed by atoms with van der Waals surface area (Å²) in [4.78, 5) is 41.7. The third kappa shape index (κ3) is 5.46. The maximum absolute atomic E-state index is 12.4. The molecule has 2 amide bonds. The van der Waals surface area contributed by atoms with Gasteiger partial charge in [-0.25, -0.2) is 15.4 Å². The van der Waals surface area contributed by atoms with E-state index in [1.807, 2.05) is 4.90 Å². The largest absolute Gasteiger partial charge is 0.353 e. The maximum Gasteiger partial charge on any atom is 0.254 e. The Morgan fingerprint density at radius 2 is 2.15 bits per heavy atom. The fourth-order valence-electron chi connectivity index (χ4n) is 2.98. The Balaban J connectivity index is 1.60. The highest BCUT2D eigenvalue weighted by molar-refractivity contribution is 7.99. The monoisotopic (exact) mass is 413 g/mol. The lowest BCUT2D eigenvalue weighted by Gasteiger charge is -2.40. The number of hydroxylamine groups is 1. The highest BCUT2D eigenvalue weighted by Crippen LogP contribution is 2.32. The van der Waals surface area contributed by atoms with Crippen LogP contribution in [0.5, 0.6) is 0 Å². The molecule has 1 saturated carbocycles. The Kier molecular flexibility index (Phi) is 6.78. The van der Waals surface area contributed by atoms with E-state index in [0.717, 1.165) is 12.8 Å². The molecule has 3 rings (SSSR count). The van der Waals surface area contributed by atoms with Gasteiger partial charge in [-0.2, -0.15) is 0 Å². The zero-order valence-corrected chi connectivity index (χ0v) is 17.1. The number of rotatable bonds is 7. The van der Waals surface area contributed by atoms with Gasteiger partial charge in [0.25, 0.3) is 5.91 Å². The Labute approximate surface area is 167 Å². The van der Waals surface area contributed by atoms with Crippen LogP contribution in [0.4, 0.5) is 5.82 Å². The van der Waals surface area contributed by atoms with Gasteiger partial charge < -0.3 is 9.80 Å². The van der Waals surface area contributed by atoms with Crippen molar-refractivity contribution in [1.82, 2.24) is 20.3 Å². The number of hydrogen-bond acceptors (Lipinski definition) is 7. The summed E-state index contributed by atoms with van der Waals surface area (Å²) in [5, 5.41) is 0.769. The average molecular weight is 414 g/mol. The molecule has 1 atom stereocenters. The number of piperazine rings is 1. The standard InChI is InChI=1S/C17H24ClN5O3S/c1-3-26-21-15(24)10-27-17-19-13(18)8-14(20-17)22-6-7-23(11(2)9-22)16(25)12-4-5-12/h8,11-12H,3-7,9-10H2,1-2H3,(H,21,24)/t11-/m1/s1. The molecule has 1 saturated heterocycles. The lowest BCUT2D eigenvalue weighted by Crippen LogP contribution is -2.54. The van der Waals surface area contributed by atoms with E-state index in [1.165, 1.54) is 11.8 Å². The number of hydrogen-bond donors (Lipinski definition) is 1. The molecule has 0 spiro atoms. The third-order valence-electron chi connectivity index (χ3n) is 4.48. The van der Waals surface area contributed by atoms with Gasteiger partial charge in [0.15, 0.2) is 5.16 Å². The molecule has 148 valence electrons. The molecule has 2 fully saturated rings. The predicted molar refractivity (Wildman–Crippen MR) is 104 cm³/mol. The van der Waals surface area contributed by atoms with Crippen LogP contribution >= 0.6 is 23.4 Å². The van der Waals surface area contributed by atoms with Gasteiger partial charge in [0.1, 0.15) is 11.0 Å². The van der Waals surface area contributed by atoms with E-state index in [0.29, 0.717) is 42.4 Å². The van der Waals surface area contributed by atoms with Crippen molar-refractivity contribution in [2.45, 2.75) is 37.9 Å². The van der Waals surface area contributed by atoms with Crippen LogP contribution in [0.3, 0.4) is 0 Å². The van der Waals surface area contributed by atoms with Gasteiger partial charge in [-0.05, 0) is 26.7 Å². The molecule has 0 aromatic carbocycles. The minimum Gasteiger partial charge on any atom is -0.353 e. The number of anilines is 1. The molecule has 27 heavy (non-hydrogen) atoms. The SMILES string of the molecule is CCONC(=O)CSc1nc(Cl)cc(N2CCN(C(=O)C3CC3)[C@H](C)C2)n1. The zero-order valence-electron chi connectivity index (χ0n) is 15.5. The second kappa shape index (κ2) is 9.07. The van der Waals surface area contributed by atoms with Crippen molar-refractivity contribution >= 4 is 41.0 Å². The van der Waals surface area contributed by atoms with Gasteiger partial charge in [-0.15, -0.1) is 0 Å². The van der Waals surface area contributed by atoms with Crippen molar-refractivity contribution in [2.24, 2.45) is 5.92 Å². The number of amides is 2. The van der Waals surface area contributed by atoms with E-state index < -0.39 is 0 Å². The molecule has 1 aliphatic heterocycles. The smallest absolute Gasteiger partial charge is 0.254 e. The second-order valence-electron chi connectivity index (χ2n) is 6.68. The quantitative estimate of drug-likeness (QED) is 0.315. The number of thioether (sulfide) groups is 1. The average Bonchev–Trinajstić information content (AvgIpc) is 3.49. The fourth-order valence-corrected chi connectivity index (χ4v) is 3.85. The summed E-state index contributed by atoms with van der Waals surface area (Å²) in [6, 6.07) is 1.84. The van der Waals surface area contributed by atoms with Crippen molar-refractivity contribution < 1.29 is 14.4 Å². The molecule has 0 radical (unpaired) electrons. The molecule has 1 aromatic heterocycles. The van der Waals surface area contributed by atoms with Crippen molar-refractivity contribution in [3.63, 3.8) is 0 Å². The highest BCUT2D eigenvalue weighted by Gasteiger charge is 2.37. The van der Waals surface area contributed by atoms with Crippen molar-refractivity contribution in [3.05, 3.63) is 11.2 Å². The normalized spacial score (nSPS) is 19.9. The number of aromatic nitrogens is 2. The van der Waals surface area contributed by atoms with E-state index >= 15 is 0 Å². The number of carbonyl (C=O) groups excluding carboxylic acids is 2. The van der Waals surface area contributed by atoms with E-state index in [2.05, 4.69) is 27.3 Å². The fraction of sp³-hybridized carbons (Fsp3) is 0.647. The first kappa shape index (κ1) is 20.2. The highest BCUT2D eigenvalue weighted by atomic mass is 35.5. The Morgan fingerprint density at radius 1 is 1.37 bits per heavy atom. The van der Waals surface area contributed by atoms with Gasteiger partial charge >= 0.3 is 0 Å². The second-order valence-corrected chi connectivity index (χ2v) is 8.01. The first-order chi connectivity index (χ1) is 13.0. The minimum absolute atomic E-state index is 0.119. The molecule has 0 bridgehead atoms. The Morgan fingerprint density at radius 3 is 2.81 bits per heavy atom. The summed E-state index contributed by atoms with van der Waals surface area (Å²) in [6.07, 6.45) is 2.04. The predicted octanol–water partition coefficient (Wildman–Crippen LogP) is 1.74. The first-order valence-corrected chi connectivity index (χ1v) is 10.5. The zero-order chi connectivity index (χ0) is 19.4. The van der Waals surface area contributed by atoms with Gasteiger partial charge in [0.05, 0.1) is 12.4 Å². The molecular weight excluding hydrogens is 390 g/mol. The Bertz CT molecular complexity index is 703. The van der Waals surface area contributed by atoms with Gasteiger partial charge in [-0.1, -0.05) is 23.4 Å². The van der Waals surface area contributed by atoms with Crippen LogP contribution in [-0.4, -0.2) is 64.7 Å². The van der Waals surface area contributed by atoms with E-state index in [4.69, 9.17) is 16.4 Å². The molecule has 1 aliphatic carbocycles. The minimum atomic E-state index is -0.257. The summed E-state index contributed by atoms with van der Waals surface area (Å²) < 4.78 is 0. The summed E-state index contributed by atoms with van der Waals surface area (Å²) in [5.41, 5.74) is 2.33. The molecule has 2 heterocycles. The molecule has 2 aliphatic rings. The van der Waals surface area contributed by atoms with Gasteiger partial charge in [0, 0.05) is 37.7 Å². The van der Waals surface area contributed by atoms with E-state index in [-0.39, 0.29) is 29.5 Å². The van der Waals surface area contributed by atoms with Crippen LogP contribution in [-0.2, 0) is 14.4 Å². The van der Waals surface area contributed by atoms with Gasteiger partial charge in [-0.3, -0.25) is 14.4 Å². The van der Waals surface area contributed by atoms with Crippen LogP contribution in [0.25, 0.3) is 0 Å². The topological polar surface area (TPSA) is 87.7 Å². The van der Waals surface area contributed by atoms with Crippen LogP contribution < -0.4 is 10.4 Å². The molecule has 1 N–H and O–H groups in total. The molecule has 10 heteroatoms. The van der Waals surface area contributed by atoms with E-state index in [9.17, 15) is 9.59 Å². The number of nitrogens with one attached hydrogen (secondary N) is 1. The number of nitrogens with zero attached hydrogens (tertiary/aromatic N) is 4. The summed E-state index contributed by atoms with van der Waals surface area (Å²) in [6.45, 7) is 6.33. The first-order valence-electron chi connectivity index (χ1n) is 9.11. The number of halogens is 1. The lowest BCUT2D eigenvalue weighted by atomic mass is 10.1. The molecular formula is C17H24ClN5O3S. The lowest BCUT2D eigenvalue weighted by molar-refractivity contribution is -0.135. The third-order valence-corrected chi connectivity index (χ3v) is 5.53.